The van der Waals surface area contributed by atoms with Gasteiger partial charge in [-0.1, -0.05) is 29.8 Å². The van der Waals surface area contributed by atoms with Crippen LogP contribution in [0.5, 0.6) is 11.6 Å². The average molecular weight is 447 g/mol. The fourth-order valence-corrected chi connectivity index (χ4v) is 4.33. The first-order valence-corrected chi connectivity index (χ1v) is 11.5. The Morgan fingerprint density at radius 2 is 1.73 bits per heavy atom. The van der Waals surface area contributed by atoms with Crippen LogP contribution in [0, 0.1) is 12.7 Å². The molecule has 0 aliphatic carbocycles. The summed E-state index contributed by atoms with van der Waals surface area (Å²) in [6.45, 7) is 4.92. The molecule has 2 aliphatic rings. The van der Waals surface area contributed by atoms with Crippen molar-refractivity contribution in [2.45, 2.75) is 39.2 Å². The molecule has 3 aromatic rings. The Balaban J connectivity index is 1.41. The highest BCUT2D eigenvalue weighted by molar-refractivity contribution is 5.79. The van der Waals surface area contributed by atoms with Gasteiger partial charge in [0.1, 0.15) is 11.6 Å². The van der Waals surface area contributed by atoms with Gasteiger partial charge in [0.05, 0.1) is 24.2 Å². The van der Waals surface area contributed by atoms with Crippen LogP contribution >= 0.6 is 0 Å². The van der Waals surface area contributed by atoms with Crippen LogP contribution in [-0.4, -0.2) is 40.4 Å². The minimum Gasteiger partial charge on any atom is -0.438 e. The molecule has 1 fully saturated rings. The molecule has 0 spiro atoms. The molecule has 170 valence electrons. The molecule has 0 N–H and O–H groups in total. The lowest BCUT2D eigenvalue weighted by molar-refractivity contribution is -0.131. The molecule has 6 nitrogen and oxygen atoms in total. The lowest BCUT2D eigenvalue weighted by atomic mass is 10.0. The largest absolute Gasteiger partial charge is 0.438 e. The zero-order valence-corrected chi connectivity index (χ0v) is 18.8. The topological polar surface area (TPSA) is 58.6 Å². The second-order valence-corrected chi connectivity index (χ2v) is 8.73. The van der Waals surface area contributed by atoms with E-state index in [4.69, 9.17) is 14.7 Å². The molecule has 1 amide bonds. The van der Waals surface area contributed by atoms with Crippen LogP contribution in [0.1, 0.15) is 35.2 Å². The Kier molecular flexibility index (Phi) is 5.94. The maximum absolute atomic E-state index is 13.2. The van der Waals surface area contributed by atoms with Crippen molar-refractivity contribution in [3.05, 3.63) is 76.7 Å². The first-order valence-electron chi connectivity index (χ1n) is 11.5. The highest BCUT2D eigenvalue weighted by atomic mass is 19.1. The van der Waals surface area contributed by atoms with Gasteiger partial charge >= 0.3 is 0 Å². The standard InChI is InChI=1S/C26H27FN4O2/c1-18-4-10-21(11-5-18)33-25-22-17-31(24(32)16-19-6-8-20(27)9-7-19)15-12-23(22)28-26(29-25)30-13-2-3-14-30/h4-11H,2-3,12-17H2,1H3. The number of benzene rings is 2. The number of nitrogens with zero attached hydrogens (tertiary/aromatic N) is 4. The first-order chi connectivity index (χ1) is 16.0. The van der Waals surface area contributed by atoms with E-state index in [1.54, 1.807) is 12.1 Å². The van der Waals surface area contributed by atoms with Gasteiger partial charge in [-0.25, -0.2) is 9.37 Å². The van der Waals surface area contributed by atoms with E-state index in [1.807, 2.05) is 36.1 Å². The molecule has 33 heavy (non-hydrogen) atoms. The van der Waals surface area contributed by atoms with Gasteiger partial charge in [-0.3, -0.25) is 4.79 Å². The van der Waals surface area contributed by atoms with Gasteiger partial charge in [0, 0.05) is 26.1 Å². The van der Waals surface area contributed by atoms with Crippen molar-refractivity contribution in [3.8, 4) is 11.6 Å². The number of ether oxygens (including phenoxy) is 1. The number of carbonyl (C=O) groups excluding carboxylic acids is 1. The number of aryl methyl sites for hydroxylation is 1. The molecule has 2 aromatic carbocycles. The van der Waals surface area contributed by atoms with Crippen molar-refractivity contribution in [3.63, 3.8) is 0 Å². The molecule has 5 rings (SSSR count). The monoisotopic (exact) mass is 446 g/mol. The van der Waals surface area contributed by atoms with E-state index in [1.165, 1.54) is 12.1 Å². The van der Waals surface area contributed by atoms with E-state index < -0.39 is 0 Å². The number of hydrogen-bond donors (Lipinski definition) is 0. The summed E-state index contributed by atoms with van der Waals surface area (Å²) in [7, 11) is 0. The summed E-state index contributed by atoms with van der Waals surface area (Å²) >= 11 is 0. The summed E-state index contributed by atoms with van der Waals surface area (Å²) in [5.74, 6) is 1.63. The van der Waals surface area contributed by atoms with Crippen LogP contribution in [0.25, 0.3) is 0 Å². The predicted octanol–water partition coefficient (Wildman–Crippen LogP) is 4.44. The first kappa shape index (κ1) is 21.4. The molecule has 0 radical (unpaired) electrons. The van der Waals surface area contributed by atoms with Gasteiger partial charge in [-0.05, 0) is 49.6 Å². The fourth-order valence-electron chi connectivity index (χ4n) is 4.33. The van der Waals surface area contributed by atoms with E-state index in [2.05, 4.69) is 4.90 Å². The summed E-state index contributed by atoms with van der Waals surface area (Å²) in [5, 5.41) is 0. The van der Waals surface area contributed by atoms with Gasteiger partial charge < -0.3 is 14.5 Å². The third kappa shape index (κ3) is 4.82. The third-order valence-electron chi connectivity index (χ3n) is 6.26. The molecule has 7 heteroatoms. The van der Waals surface area contributed by atoms with Crippen LogP contribution in [0.2, 0.25) is 0 Å². The molecule has 0 unspecified atom stereocenters. The number of carbonyl (C=O) groups is 1. The minimum absolute atomic E-state index is 0.00263. The van der Waals surface area contributed by atoms with Crippen LogP contribution in [0.4, 0.5) is 10.3 Å². The van der Waals surface area contributed by atoms with E-state index in [9.17, 15) is 9.18 Å². The van der Waals surface area contributed by atoms with E-state index in [0.29, 0.717) is 37.1 Å². The third-order valence-corrected chi connectivity index (χ3v) is 6.26. The molecular formula is C26H27FN4O2. The number of aromatic nitrogens is 2. The second kappa shape index (κ2) is 9.17. The summed E-state index contributed by atoms with van der Waals surface area (Å²) in [6, 6.07) is 13.9. The summed E-state index contributed by atoms with van der Waals surface area (Å²) in [5.41, 5.74) is 3.75. The predicted molar refractivity (Wildman–Crippen MR) is 124 cm³/mol. The molecule has 1 saturated heterocycles. The normalized spacial score (nSPS) is 15.5. The van der Waals surface area contributed by atoms with Gasteiger partial charge in [-0.2, -0.15) is 4.98 Å². The smallest absolute Gasteiger partial charge is 0.229 e. The number of hydrogen-bond acceptors (Lipinski definition) is 5. The number of fused-ring (bicyclic) bond motifs is 1. The lowest BCUT2D eigenvalue weighted by Gasteiger charge is -2.30. The summed E-state index contributed by atoms with van der Waals surface area (Å²) in [4.78, 5) is 26.6. The Morgan fingerprint density at radius 1 is 1.00 bits per heavy atom. The second-order valence-electron chi connectivity index (χ2n) is 8.73. The minimum atomic E-state index is -0.304. The SMILES string of the molecule is Cc1ccc(Oc2nc(N3CCCC3)nc3c2CN(C(=O)Cc2ccc(F)cc2)CC3)cc1. The van der Waals surface area contributed by atoms with Crippen molar-refractivity contribution < 1.29 is 13.9 Å². The summed E-state index contributed by atoms with van der Waals surface area (Å²) in [6.07, 6.45) is 3.16. The zero-order valence-electron chi connectivity index (χ0n) is 18.8. The van der Waals surface area contributed by atoms with Crippen molar-refractivity contribution >= 4 is 11.9 Å². The highest BCUT2D eigenvalue weighted by Gasteiger charge is 2.28. The van der Waals surface area contributed by atoms with E-state index >= 15 is 0 Å². The molecule has 2 aliphatic heterocycles. The van der Waals surface area contributed by atoms with E-state index in [0.717, 1.165) is 48.3 Å². The van der Waals surface area contributed by atoms with Crippen LogP contribution < -0.4 is 9.64 Å². The molecule has 0 saturated carbocycles. The van der Waals surface area contributed by atoms with Crippen molar-refractivity contribution in [1.82, 2.24) is 14.9 Å². The Hall–Kier alpha value is -3.48. The van der Waals surface area contributed by atoms with Gasteiger partial charge in [-0.15, -0.1) is 0 Å². The highest BCUT2D eigenvalue weighted by Crippen LogP contribution is 2.32. The van der Waals surface area contributed by atoms with Crippen molar-refractivity contribution in [2.24, 2.45) is 0 Å². The summed E-state index contributed by atoms with van der Waals surface area (Å²) < 4.78 is 19.4. The van der Waals surface area contributed by atoms with Crippen molar-refractivity contribution in [1.29, 1.82) is 0 Å². The van der Waals surface area contributed by atoms with Gasteiger partial charge in [0.15, 0.2) is 0 Å². The maximum atomic E-state index is 13.2. The fraction of sp³-hybridized carbons (Fsp3) is 0.346. The quantitative estimate of drug-likeness (QED) is 0.580. The molecule has 0 atom stereocenters. The van der Waals surface area contributed by atoms with Crippen LogP contribution in [-0.2, 0) is 24.2 Å². The average Bonchev–Trinajstić information content (AvgIpc) is 3.37. The van der Waals surface area contributed by atoms with Gasteiger partial charge in [0.2, 0.25) is 17.7 Å². The number of halogens is 1. The molecular weight excluding hydrogens is 419 g/mol. The Bertz CT molecular complexity index is 1140. The lowest BCUT2D eigenvalue weighted by Crippen LogP contribution is -2.38. The number of anilines is 1. The number of rotatable bonds is 5. The Labute approximate surface area is 193 Å². The zero-order chi connectivity index (χ0) is 22.8. The van der Waals surface area contributed by atoms with E-state index in [-0.39, 0.29) is 18.1 Å². The molecule has 3 heterocycles. The van der Waals surface area contributed by atoms with Crippen LogP contribution in [0.15, 0.2) is 48.5 Å². The van der Waals surface area contributed by atoms with Crippen LogP contribution in [0.3, 0.4) is 0 Å². The molecule has 0 bridgehead atoms. The Morgan fingerprint density at radius 3 is 2.45 bits per heavy atom. The maximum Gasteiger partial charge on any atom is 0.229 e. The number of amides is 1. The van der Waals surface area contributed by atoms with Crippen molar-refractivity contribution in [2.75, 3.05) is 24.5 Å². The molecule has 1 aromatic heterocycles. The van der Waals surface area contributed by atoms with Gasteiger partial charge in [0.25, 0.3) is 0 Å².